The zero-order valence-electron chi connectivity index (χ0n) is 22.7. The van der Waals surface area contributed by atoms with Gasteiger partial charge in [0.1, 0.15) is 25.8 Å². The zero-order valence-corrected chi connectivity index (χ0v) is 25.0. The van der Waals surface area contributed by atoms with Crippen LogP contribution in [-0.2, 0) is 32.6 Å². The second kappa shape index (κ2) is 13.5. The van der Waals surface area contributed by atoms with E-state index in [0.29, 0.717) is 46.9 Å². The molecule has 0 radical (unpaired) electrons. The van der Waals surface area contributed by atoms with E-state index in [2.05, 4.69) is 5.32 Å². The molecule has 0 aromatic heterocycles. The highest BCUT2D eigenvalue weighted by molar-refractivity contribution is 7.92. The average molecular weight is 621 g/mol. The van der Waals surface area contributed by atoms with Crippen molar-refractivity contribution in [2.24, 2.45) is 0 Å². The minimum absolute atomic E-state index is 0.0534. The van der Waals surface area contributed by atoms with E-state index in [1.165, 1.54) is 11.0 Å². The number of nitrogens with one attached hydrogen (secondary N) is 1. The van der Waals surface area contributed by atoms with Crippen molar-refractivity contribution in [3.8, 4) is 11.5 Å². The van der Waals surface area contributed by atoms with Crippen molar-refractivity contribution in [2.75, 3.05) is 36.9 Å². The van der Waals surface area contributed by atoms with Crippen LogP contribution in [0.3, 0.4) is 0 Å². The van der Waals surface area contributed by atoms with Crippen LogP contribution in [0.4, 0.5) is 5.69 Å². The van der Waals surface area contributed by atoms with Gasteiger partial charge in [-0.05, 0) is 42.3 Å². The van der Waals surface area contributed by atoms with E-state index >= 15 is 0 Å². The maximum atomic E-state index is 14.1. The summed E-state index contributed by atoms with van der Waals surface area (Å²) in [4.78, 5) is 28.9. The summed E-state index contributed by atoms with van der Waals surface area (Å²) < 4.78 is 38.1. The van der Waals surface area contributed by atoms with Crippen LogP contribution in [0.25, 0.3) is 0 Å². The summed E-state index contributed by atoms with van der Waals surface area (Å²) in [5, 5.41) is 3.55. The fourth-order valence-corrected chi connectivity index (χ4v) is 5.79. The van der Waals surface area contributed by atoms with Crippen molar-refractivity contribution < 1.29 is 27.5 Å². The molecule has 0 bridgehead atoms. The molecular formula is C29H31Cl2N3O6S. The summed E-state index contributed by atoms with van der Waals surface area (Å²) in [5.41, 5.74) is 1.61. The summed E-state index contributed by atoms with van der Waals surface area (Å²) in [5.74, 6) is -0.106. The van der Waals surface area contributed by atoms with Crippen molar-refractivity contribution >= 4 is 50.7 Å². The molecule has 41 heavy (non-hydrogen) atoms. The molecule has 1 aliphatic heterocycles. The number of rotatable bonds is 11. The maximum absolute atomic E-state index is 14.1. The van der Waals surface area contributed by atoms with Crippen molar-refractivity contribution in [1.29, 1.82) is 0 Å². The summed E-state index contributed by atoms with van der Waals surface area (Å²) in [6, 6.07) is 17.9. The van der Waals surface area contributed by atoms with Crippen LogP contribution in [0, 0.1) is 0 Å². The molecule has 0 spiro atoms. The molecule has 3 aromatic rings. The van der Waals surface area contributed by atoms with Gasteiger partial charge < -0.3 is 19.7 Å². The van der Waals surface area contributed by atoms with Crippen molar-refractivity contribution in [3.63, 3.8) is 0 Å². The summed E-state index contributed by atoms with van der Waals surface area (Å²) in [6.45, 7) is 2.22. The zero-order chi connectivity index (χ0) is 29.6. The van der Waals surface area contributed by atoms with Crippen LogP contribution in [0.1, 0.15) is 18.1 Å². The fourth-order valence-electron chi connectivity index (χ4n) is 4.48. The number of sulfonamides is 1. The molecule has 2 amide bonds. The van der Waals surface area contributed by atoms with E-state index in [1.807, 2.05) is 30.3 Å². The van der Waals surface area contributed by atoms with Gasteiger partial charge in [-0.2, -0.15) is 0 Å². The Kier molecular flexibility index (Phi) is 10.0. The van der Waals surface area contributed by atoms with E-state index < -0.39 is 28.5 Å². The lowest BCUT2D eigenvalue weighted by molar-refractivity contribution is -0.140. The minimum atomic E-state index is -3.93. The Morgan fingerprint density at radius 2 is 1.68 bits per heavy atom. The molecule has 9 nitrogen and oxygen atoms in total. The standard InChI is InChI=1S/C29H31Cl2N3O6S/c1-3-32-29(36)25(15-20-7-5-4-6-8-20)33(18-21-9-10-22(30)16-24(21)31)28(35)19-34(41(2,37)38)23-11-12-26-27(17-23)40-14-13-39-26/h4-12,16-17,25H,3,13-15,18-19H2,1-2H3,(H,32,36). The van der Waals surface area contributed by atoms with Crippen LogP contribution in [-0.4, -0.2) is 63.7 Å². The molecule has 1 heterocycles. The normalized spacial score (nSPS) is 13.3. The predicted molar refractivity (Wildman–Crippen MR) is 159 cm³/mol. The third kappa shape index (κ3) is 7.84. The van der Waals surface area contributed by atoms with Crippen LogP contribution in [0.15, 0.2) is 66.7 Å². The molecule has 4 rings (SSSR count). The molecule has 0 saturated carbocycles. The monoisotopic (exact) mass is 619 g/mol. The molecule has 1 atom stereocenters. The van der Waals surface area contributed by atoms with Crippen molar-refractivity contribution in [2.45, 2.75) is 25.9 Å². The topological polar surface area (TPSA) is 105 Å². The van der Waals surface area contributed by atoms with Crippen LogP contribution in [0.2, 0.25) is 10.0 Å². The molecule has 0 fully saturated rings. The Morgan fingerprint density at radius 3 is 2.34 bits per heavy atom. The third-order valence-corrected chi connectivity index (χ3v) is 8.20. The van der Waals surface area contributed by atoms with E-state index in [-0.39, 0.29) is 24.6 Å². The quantitative estimate of drug-likeness (QED) is 0.343. The lowest BCUT2D eigenvalue weighted by Gasteiger charge is -2.33. The lowest BCUT2D eigenvalue weighted by Crippen LogP contribution is -2.53. The molecule has 1 unspecified atom stereocenters. The highest BCUT2D eigenvalue weighted by Gasteiger charge is 2.33. The molecular weight excluding hydrogens is 589 g/mol. The lowest BCUT2D eigenvalue weighted by atomic mass is 10.0. The first-order chi connectivity index (χ1) is 19.6. The number of benzene rings is 3. The number of ether oxygens (including phenoxy) is 2. The summed E-state index contributed by atoms with van der Waals surface area (Å²) in [7, 11) is -3.93. The Balaban J connectivity index is 1.74. The minimum Gasteiger partial charge on any atom is -0.486 e. The van der Waals surface area contributed by atoms with Gasteiger partial charge >= 0.3 is 0 Å². The summed E-state index contributed by atoms with van der Waals surface area (Å²) >= 11 is 12.6. The van der Waals surface area contributed by atoms with Gasteiger partial charge in [0.25, 0.3) is 0 Å². The molecule has 0 saturated heterocycles. The highest BCUT2D eigenvalue weighted by Crippen LogP contribution is 2.35. The number of likely N-dealkylation sites (N-methyl/N-ethyl adjacent to an activating group) is 1. The first-order valence-electron chi connectivity index (χ1n) is 13.0. The predicted octanol–water partition coefficient (Wildman–Crippen LogP) is 4.31. The molecule has 0 aliphatic carbocycles. The fraction of sp³-hybridized carbons (Fsp3) is 0.310. The second-order valence-electron chi connectivity index (χ2n) is 9.46. The van der Waals surface area contributed by atoms with Gasteiger partial charge in [-0.1, -0.05) is 59.6 Å². The van der Waals surface area contributed by atoms with Gasteiger partial charge in [0.05, 0.1) is 11.9 Å². The Bertz CT molecular complexity index is 1500. The van der Waals surface area contributed by atoms with Crippen LogP contribution >= 0.6 is 23.2 Å². The van der Waals surface area contributed by atoms with Gasteiger partial charge in [0, 0.05) is 35.6 Å². The Labute approximate surface area is 250 Å². The van der Waals surface area contributed by atoms with Crippen molar-refractivity contribution in [3.05, 3.63) is 87.9 Å². The third-order valence-electron chi connectivity index (χ3n) is 6.47. The first-order valence-corrected chi connectivity index (χ1v) is 15.6. The summed E-state index contributed by atoms with van der Waals surface area (Å²) in [6.07, 6.45) is 1.22. The highest BCUT2D eigenvalue weighted by atomic mass is 35.5. The van der Waals surface area contributed by atoms with Crippen molar-refractivity contribution in [1.82, 2.24) is 10.2 Å². The van der Waals surface area contributed by atoms with Gasteiger partial charge in [-0.25, -0.2) is 8.42 Å². The molecule has 218 valence electrons. The molecule has 3 aromatic carbocycles. The van der Waals surface area contributed by atoms with Gasteiger partial charge in [-0.3, -0.25) is 13.9 Å². The van der Waals surface area contributed by atoms with E-state index in [0.717, 1.165) is 16.1 Å². The van der Waals surface area contributed by atoms with Crippen LogP contribution < -0.4 is 19.1 Å². The number of hydrogen-bond acceptors (Lipinski definition) is 6. The smallest absolute Gasteiger partial charge is 0.244 e. The second-order valence-corrected chi connectivity index (χ2v) is 12.2. The Morgan fingerprint density at radius 1 is 0.976 bits per heavy atom. The number of halogens is 2. The van der Waals surface area contributed by atoms with Gasteiger partial charge in [0.15, 0.2) is 11.5 Å². The van der Waals surface area contributed by atoms with Gasteiger partial charge in [-0.15, -0.1) is 0 Å². The number of carbonyl (C=O) groups is 2. The van der Waals surface area contributed by atoms with Gasteiger partial charge in [0.2, 0.25) is 21.8 Å². The Hall–Kier alpha value is -3.47. The SMILES string of the molecule is CCNC(=O)C(Cc1ccccc1)N(Cc1ccc(Cl)cc1Cl)C(=O)CN(c1ccc2c(c1)OCCO2)S(C)(=O)=O. The largest absolute Gasteiger partial charge is 0.486 e. The van der Waals surface area contributed by atoms with Crippen LogP contribution in [0.5, 0.6) is 11.5 Å². The molecule has 1 N–H and O–H groups in total. The number of fused-ring (bicyclic) bond motifs is 1. The molecule has 12 heteroatoms. The van der Waals surface area contributed by atoms with E-state index in [4.69, 9.17) is 32.7 Å². The number of anilines is 1. The number of amides is 2. The molecule has 1 aliphatic rings. The number of carbonyl (C=O) groups excluding carboxylic acids is 2. The van der Waals surface area contributed by atoms with E-state index in [9.17, 15) is 18.0 Å². The maximum Gasteiger partial charge on any atom is 0.244 e. The van der Waals surface area contributed by atoms with E-state index in [1.54, 1.807) is 37.3 Å². The average Bonchev–Trinajstić information content (AvgIpc) is 2.94. The number of hydrogen-bond donors (Lipinski definition) is 1. The first kappa shape index (κ1) is 30.5. The number of nitrogens with zero attached hydrogens (tertiary/aromatic N) is 2.